The molecule has 1 aliphatic carbocycles. The number of ether oxygens (including phenoxy) is 3. The number of carbonyl (C=O) groups excluding carboxylic acids is 1. The van der Waals surface area contributed by atoms with E-state index in [1.54, 1.807) is 31.2 Å². The number of nitriles is 3. The number of carbonyl (C=O) groups is 1. The van der Waals surface area contributed by atoms with Crippen LogP contribution in [0, 0.1) is 45.3 Å². The van der Waals surface area contributed by atoms with Crippen LogP contribution < -0.4 is 15.2 Å². The standard InChI is InChI=1S/C29H27N5O4/c1-3-37-28(35)34-12-11-21-22(14-30)27(33)29(17-31,18-32)26(23(21)15-34)20-9-10-24(25(13-20)36-2)38-16-19-7-5-4-6-8-19/h4-11,13,23,26H,3,12,15-16,33H2,1-2H3/t23-,26+/m0/s1. The number of fused-ring (bicyclic) bond motifs is 1. The second kappa shape index (κ2) is 11.0. The van der Waals surface area contributed by atoms with Gasteiger partial charge < -0.3 is 24.8 Å². The van der Waals surface area contributed by atoms with E-state index in [1.165, 1.54) is 12.0 Å². The normalized spacial score (nSPS) is 19.7. The third kappa shape index (κ3) is 4.49. The van der Waals surface area contributed by atoms with E-state index in [4.69, 9.17) is 19.9 Å². The lowest BCUT2D eigenvalue weighted by Crippen LogP contribution is -2.49. The van der Waals surface area contributed by atoms with Gasteiger partial charge in [-0.1, -0.05) is 42.5 Å². The summed E-state index contributed by atoms with van der Waals surface area (Å²) >= 11 is 0. The van der Waals surface area contributed by atoms with Crippen molar-refractivity contribution in [1.29, 1.82) is 15.8 Å². The van der Waals surface area contributed by atoms with Crippen molar-refractivity contribution in [1.82, 2.24) is 4.90 Å². The van der Waals surface area contributed by atoms with Gasteiger partial charge >= 0.3 is 6.09 Å². The van der Waals surface area contributed by atoms with Gasteiger partial charge in [0.25, 0.3) is 0 Å². The SMILES string of the molecule is CCOC(=O)N1CC=C2C(C#N)=C(N)C(C#N)(C#N)[C@H](c3ccc(OCc4ccccc4)c(OC)c3)[C@H]2C1. The Hall–Kier alpha value is -4.94. The largest absolute Gasteiger partial charge is 0.493 e. The second-order valence-electron chi connectivity index (χ2n) is 8.96. The van der Waals surface area contributed by atoms with E-state index in [0.29, 0.717) is 29.2 Å². The van der Waals surface area contributed by atoms with Gasteiger partial charge in [-0.2, -0.15) is 15.8 Å². The average Bonchev–Trinajstić information content (AvgIpc) is 2.96. The summed E-state index contributed by atoms with van der Waals surface area (Å²) in [7, 11) is 1.51. The summed E-state index contributed by atoms with van der Waals surface area (Å²) in [5, 5.41) is 30.6. The number of rotatable bonds is 6. The topological polar surface area (TPSA) is 145 Å². The van der Waals surface area contributed by atoms with Gasteiger partial charge in [0, 0.05) is 24.9 Å². The Kier molecular flexibility index (Phi) is 7.55. The molecule has 192 valence electrons. The Morgan fingerprint density at radius 3 is 2.50 bits per heavy atom. The van der Waals surface area contributed by atoms with Gasteiger partial charge in [0.2, 0.25) is 0 Å². The van der Waals surface area contributed by atoms with E-state index >= 15 is 0 Å². The maximum atomic E-state index is 12.6. The molecule has 38 heavy (non-hydrogen) atoms. The molecular weight excluding hydrogens is 482 g/mol. The van der Waals surface area contributed by atoms with Crippen LogP contribution in [-0.4, -0.2) is 37.8 Å². The van der Waals surface area contributed by atoms with Gasteiger partial charge in [0.1, 0.15) is 12.7 Å². The van der Waals surface area contributed by atoms with Gasteiger partial charge in [-0.05, 0) is 35.8 Å². The monoisotopic (exact) mass is 509 g/mol. The maximum Gasteiger partial charge on any atom is 0.410 e. The fraction of sp³-hybridized carbons (Fsp3) is 0.310. The number of amides is 1. The third-order valence-corrected chi connectivity index (χ3v) is 6.97. The van der Waals surface area contributed by atoms with Crippen LogP contribution in [0.5, 0.6) is 11.5 Å². The Balaban J connectivity index is 1.80. The molecular formula is C29H27N5O4. The first-order chi connectivity index (χ1) is 18.4. The summed E-state index contributed by atoms with van der Waals surface area (Å²) in [4.78, 5) is 14.1. The van der Waals surface area contributed by atoms with Gasteiger partial charge in [0.05, 0.1) is 37.1 Å². The van der Waals surface area contributed by atoms with Crippen molar-refractivity contribution in [3.05, 3.63) is 82.6 Å². The molecule has 0 saturated heterocycles. The van der Waals surface area contributed by atoms with Crippen molar-refractivity contribution in [3.63, 3.8) is 0 Å². The van der Waals surface area contributed by atoms with Crippen LogP contribution in [0.2, 0.25) is 0 Å². The predicted octanol–water partition coefficient (Wildman–Crippen LogP) is 4.16. The van der Waals surface area contributed by atoms with Crippen molar-refractivity contribution in [2.75, 3.05) is 26.8 Å². The molecule has 9 nitrogen and oxygen atoms in total. The molecule has 0 fully saturated rings. The highest BCUT2D eigenvalue weighted by Crippen LogP contribution is 2.55. The molecule has 0 radical (unpaired) electrons. The molecule has 0 spiro atoms. The summed E-state index contributed by atoms with van der Waals surface area (Å²) in [6, 6.07) is 21.2. The smallest absolute Gasteiger partial charge is 0.410 e. The zero-order chi connectivity index (χ0) is 27.3. The summed E-state index contributed by atoms with van der Waals surface area (Å²) in [6.07, 6.45) is 1.24. The molecule has 2 N–H and O–H groups in total. The number of nitrogens with zero attached hydrogens (tertiary/aromatic N) is 4. The van der Waals surface area contributed by atoms with Crippen LogP contribution >= 0.6 is 0 Å². The van der Waals surface area contributed by atoms with Gasteiger partial charge in [0.15, 0.2) is 16.9 Å². The van der Waals surface area contributed by atoms with E-state index in [9.17, 15) is 20.6 Å². The second-order valence-corrected chi connectivity index (χ2v) is 8.96. The van der Waals surface area contributed by atoms with Gasteiger partial charge in [-0.15, -0.1) is 0 Å². The first-order valence-corrected chi connectivity index (χ1v) is 12.1. The highest BCUT2D eigenvalue weighted by Gasteiger charge is 2.55. The lowest BCUT2D eigenvalue weighted by Gasteiger charge is -2.45. The number of benzene rings is 2. The van der Waals surface area contributed by atoms with Gasteiger partial charge in [-0.25, -0.2) is 4.79 Å². The lowest BCUT2D eigenvalue weighted by atomic mass is 9.58. The minimum atomic E-state index is -1.85. The predicted molar refractivity (Wildman–Crippen MR) is 137 cm³/mol. The van der Waals surface area contributed by atoms with Crippen molar-refractivity contribution in [2.45, 2.75) is 19.4 Å². The van der Waals surface area contributed by atoms with Gasteiger partial charge in [-0.3, -0.25) is 0 Å². The third-order valence-electron chi connectivity index (χ3n) is 6.97. The van der Waals surface area contributed by atoms with Crippen molar-refractivity contribution in [3.8, 4) is 29.7 Å². The molecule has 0 unspecified atom stereocenters. The first-order valence-electron chi connectivity index (χ1n) is 12.1. The molecule has 2 aliphatic rings. The highest BCUT2D eigenvalue weighted by molar-refractivity contribution is 5.69. The van der Waals surface area contributed by atoms with Crippen molar-refractivity contribution < 1.29 is 19.0 Å². The summed E-state index contributed by atoms with van der Waals surface area (Å²) in [6.45, 7) is 2.61. The van der Waals surface area contributed by atoms with E-state index in [0.717, 1.165) is 5.56 Å². The Morgan fingerprint density at radius 1 is 1.13 bits per heavy atom. The molecule has 4 rings (SSSR count). The molecule has 0 saturated carbocycles. The molecule has 0 bridgehead atoms. The minimum absolute atomic E-state index is 0.0922. The van der Waals surface area contributed by atoms with Crippen LogP contribution in [-0.2, 0) is 11.3 Å². The van der Waals surface area contributed by atoms with Crippen LogP contribution in [0.4, 0.5) is 4.79 Å². The van der Waals surface area contributed by atoms with Crippen LogP contribution in [0.1, 0.15) is 24.0 Å². The molecule has 1 aliphatic heterocycles. The molecule has 2 atom stereocenters. The maximum absolute atomic E-state index is 12.6. The number of nitrogens with two attached hydrogens (primary N) is 1. The molecule has 9 heteroatoms. The molecule has 2 aromatic rings. The molecule has 0 aromatic heterocycles. The summed E-state index contributed by atoms with van der Waals surface area (Å²) in [5.41, 5.74) is 6.75. The van der Waals surface area contributed by atoms with E-state index in [-0.39, 0.29) is 31.0 Å². The average molecular weight is 510 g/mol. The summed E-state index contributed by atoms with van der Waals surface area (Å²) < 4.78 is 16.8. The molecule has 1 heterocycles. The number of hydrogen-bond donors (Lipinski definition) is 1. The Labute approximate surface area is 221 Å². The number of hydrogen-bond acceptors (Lipinski definition) is 8. The highest BCUT2D eigenvalue weighted by atomic mass is 16.6. The first kappa shape index (κ1) is 26.1. The number of methoxy groups -OCH3 is 1. The lowest BCUT2D eigenvalue weighted by molar-refractivity contribution is 0.0999. The van der Waals surface area contributed by atoms with Crippen LogP contribution in [0.25, 0.3) is 0 Å². The Bertz CT molecular complexity index is 1400. The van der Waals surface area contributed by atoms with E-state index < -0.39 is 23.3 Å². The van der Waals surface area contributed by atoms with E-state index in [1.807, 2.05) is 30.3 Å². The van der Waals surface area contributed by atoms with Crippen LogP contribution in [0.3, 0.4) is 0 Å². The molecule has 1 amide bonds. The minimum Gasteiger partial charge on any atom is -0.493 e. The fourth-order valence-corrected chi connectivity index (χ4v) is 5.15. The fourth-order valence-electron chi connectivity index (χ4n) is 5.15. The zero-order valence-electron chi connectivity index (χ0n) is 21.2. The quantitative estimate of drug-likeness (QED) is 0.611. The van der Waals surface area contributed by atoms with E-state index in [2.05, 4.69) is 18.2 Å². The Morgan fingerprint density at radius 2 is 1.87 bits per heavy atom. The van der Waals surface area contributed by atoms with Crippen LogP contribution in [0.15, 0.2) is 71.5 Å². The molecule has 2 aromatic carbocycles. The zero-order valence-corrected chi connectivity index (χ0v) is 21.2. The summed E-state index contributed by atoms with van der Waals surface area (Å²) in [5.74, 6) is -0.449. The van der Waals surface area contributed by atoms with Crippen molar-refractivity contribution in [2.24, 2.45) is 17.1 Å². The van der Waals surface area contributed by atoms with Crippen molar-refractivity contribution >= 4 is 6.09 Å². The number of allylic oxidation sites excluding steroid dienone is 2.